The molecule has 0 fully saturated rings. The molecule has 0 N–H and O–H groups in total. The van der Waals surface area contributed by atoms with Crippen molar-refractivity contribution in [3.63, 3.8) is 0 Å². The third-order valence-corrected chi connectivity index (χ3v) is 3.22. The molecular formula is C9H9N3S. The number of imidazole rings is 1. The zero-order chi connectivity index (χ0) is 9.42. The summed E-state index contributed by atoms with van der Waals surface area (Å²) in [4.78, 5) is 6.50. The van der Waals surface area contributed by atoms with Crippen molar-refractivity contribution < 1.29 is 0 Å². The molecule has 0 aliphatic rings. The van der Waals surface area contributed by atoms with E-state index in [-0.39, 0.29) is 0 Å². The Labute approximate surface area is 80.3 Å². The number of fused-ring (bicyclic) bond motifs is 1. The lowest BCUT2D eigenvalue weighted by Gasteiger charge is -1.94. The van der Waals surface area contributed by atoms with Crippen LogP contribution in [0.4, 0.5) is 0 Å². The summed E-state index contributed by atoms with van der Waals surface area (Å²) in [6.07, 6.45) is 2.21. The van der Waals surface area contributed by atoms with E-state index in [0.29, 0.717) is 6.42 Å². The quantitative estimate of drug-likeness (QED) is 0.692. The monoisotopic (exact) mass is 191 g/mol. The van der Waals surface area contributed by atoms with Gasteiger partial charge in [0.05, 0.1) is 24.4 Å². The van der Waals surface area contributed by atoms with Crippen LogP contribution in [-0.2, 0) is 6.42 Å². The smallest absolute Gasteiger partial charge is 0.194 e. The SMILES string of the molecule is Cc1sc2ncc(CC#N)n2c1C. The number of nitrogens with zero attached hydrogens (tertiary/aromatic N) is 3. The summed E-state index contributed by atoms with van der Waals surface area (Å²) < 4.78 is 2.06. The van der Waals surface area contributed by atoms with Crippen LogP contribution in [0.3, 0.4) is 0 Å². The van der Waals surface area contributed by atoms with Crippen LogP contribution in [0.15, 0.2) is 6.20 Å². The molecule has 0 bridgehead atoms. The summed E-state index contributed by atoms with van der Waals surface area (Å²) in [5, 5.41) is 8.61. The number of thiazole rings is 1. The van der Waals surface area contributed by atoms with Crippen LogP contribution >= 0.6 is 11.3 Å². The maximum absolute atomic E-state index is 8.61. The average molecular weight is 191 g/mol. The van der Waals surface area contributed by atoms with E-state index in [1.165, 1.54) is 10.6 Å². The highest BCUT2D eigenvalue weighted by Crippen LogP contribution is 2.22. The summed E-state index contributed by atoms with van der Waals surface area (Å²) in [5.74, 6) is 0. The van der Waals surface area contributed by atoms with Crippen LogP contribution in [0.1, 0.15) is 16.3 Å². The second-order valence-electron chi connectivity index (χ2n) is 2.95. The maximum Gasteiger partial charge on any atom is 0.194 e. The maximum atomic E-state index is 8.61. The van der Waals surface area contributed by atoms with Crippen molar-refractivity contribution in [1.82, 2.24) is 9.38 Å². The minimum absolute atomic E-state index is 0.429. The minimum atomic E-state index is 0.429. The molecular weight excluding hydrogens is 182 g/mol. The van der Waals surface area contributed by atoms with Gasteiger partial charge in [-0.3, -0.25) is 4.40 Å². The first kappa shape index (κ1) is 8.27. The molecule has 66 valence electrons. The fraction of sp³-hybridized carbons (Fsp3) is 0.333. The summed E-state index contributed by atoms with van der Waals surface area (Å²) in [5.41, 5.74) is 2.18. The highest BCUT2D eigenvalue weighted by Gasteiger charge is 2.09. The van der Waals surface area contributed by atoms with Gasteiger partial charge in [0.2, 0.25) is 0 Å². The fourth-order valence-corrected chi connectivity index (χ4v) is 2.34. The first-order valence-corrected chi connectivity index (χ1v) is 4.85. The van der Waals surface area contributed by atoms with E-state index in [4.69, 9.17) is 5.26 Å². The molecule has 0 aliphatic carbocycles. The van der Waals surface area contributed by atoms with Gasteiger partial charge in [0.15, 0.2) is 4.96 Å². The Hall–Kier alpha value is -1.34. The van der Waals surface area contributed by atoms with Gasteiger partial charge in [-0.05, 0) is 13.8 Å². The van der Waals surface area contributed by atoms with Crippen molar-refractivity contribution in [3.8, 4) is 6.07 Å². The molecule has 0 unspecified atom stereocenters. The lowest BCUT2D eigenvalue weighted by Crippen LogP contribution is -1.92. The molecule has 4 heteroatoms. The van der Waals surface area contributed by atoms with Crippen molar-refractivity contribution >= 4 is 16.3 Å². The van der Waals surface area contributed by atoms with Crippen molar-refractivity contribution in [2.24, 2.45) is 0 Å². The third kappa shape index (κ3) is 1.12. The topological polar surface area (TPSA) is 41.1 Å². The Morgan fingerprint density at radius 2 is 2.38 bits per heavy atom. The van der Waals surface area contributed by atoms with E-state index < -0.39 is 0 Å². The predicted octanol–water partition coefficient (Wildman–Crippen LogP) is 2.08. The Morgan fingerprint density at radius 1 is 1.62 bits per heavy atom. The van der Waals surface area contributed by atoms with E-state index in [1.54, 1.807) is 17.5 Å². The molecule has 2 aromatic rings. The molecule has 0 aliphatic heterocycles. The Kier molecular flexibility index (Phi) is 1.82. The Bertz CT molecular complexity index is 487. The lowest BCUT2D eigenvalue weighted by molar-refractivity contribution is 1.01. The van der Waals surface area contributed by atoms with E-state index in [1.807, 2.05) is 0 Å². The zero-order valence-corrected chi connectivity index (χ0v) is 8.35. The van der Waals surface area contributed by atoms with Gasteiger partial charge in [-0.1, -0.05) is 0 Å². The highest BCUT2D eigenvalue weighted by molar-refractivity contribution is 7.17. The molecule has 2 heterocycles. The van der Waals surface area contributed by atoms with E-state index in [9.17, 15) is 0 Å². The highest BCUT2D eigenvalue weighted by atomic mass is 32.1. The average Bonchev–Trinajstić information content (AvgIpc) is 2.58. The summed E-state index contributed by atoms with van der Waals surface area (Å²) in [7, 11) is 0. The van der Waals surface area contributed by atoms with Gasteiger partial charge in [-0.2, -0.15) is 5.26 Å². The van der Waals surface area contributed by atoms with Gasteiger partial charge < -0.3 is 0 Å². The van der Waals surface area contributed by atoms with Gasteiger partial charge in [0, 0.05) is 10.6 Å². The number of rotatable bonds is 1. The first-order valence-electron chi connectivity index (χ1n) is 4.03. The molecule has 0 spiro atoms. The summed E-state index contributed by atoms with van der Waals surface area (Å²) in [6.45, 7) is 4.13. The van der Waals surface area contributed by atoms with E-state index in [2.05, 4.69) is 29.3 Å². The van der Waals surface area contributed by atoms with E-state index in [0.717, 1.165) is 10.7 Å². The second-order valence-corrected chi connectivity index (χ2v) is 4.13. The van der Waals surface area contributed by atoms with Crippen LogP contribution in [0.2, 0.25) is 0 Å². The summed E-state index contributed by atoms with van der Waals surface area (Å²) in [6, 6.07) is 2.14. The van der Waals surface area contributed by atoms with Crippen molar-refractivity contribution in [3.05, 3.63) is 22.5 Å². The second kappa shape index (κ2) is 2.86. The molecule has 3 nitrogen and oxygen atoms in total. The normalized spacial score (nSPS) is 10.5. The molecule has 0 amide bonds. The molecule has 2 rings (SSSR count). The van der Waals surface area contributed by atoms with Gasteiger partial charge in [-0.15, -0.1) is 11.3 Å². The van der Waals surface area contributed by atoms with Gasteiger partial charge in [0.1, 0.15) is 0 Å². The predicted molar refractivity (Wildman–Crippen MR) is 51.9 cm³/mol. The number of nitriles is 1. The zero-order valence-electron chi connectivity index (χ0n) is 7.53. The van der Waals surface area contributed by atoms with E-state index >= 15 is 0 Å². The van der Waals surface area contributed by atoms with Crippen LogP contribution in [0, 0.1) is 25.2 Å². The summed E-state index contributed by atoms with van der Waals surface area (Å²) >= 11 is 1.67. The first-order chi connectivity index (χ1) is 6.24. The van der Waals surface area contributed by atoms with Gasteiger partial charge in [-0.25, -0.2) is 4.98 Å². The van der Waals surface area contributed by atoms with Gasteiger partial charge in [0.25, 0.3) is 0 Å². The fourth-order valence-electron chi connectivity index (χ4n) is 1.37. The van der Waals surface area contributed by atoms with Crippen LogP contribution in [0.25, 0.3) is 4.96 Å². The largest absolute Gasteiger partial charge is 0.291 e. The Balaban J connectivity index is 2.72. The number of hydrogen-bond acceptors (Lipinski definition) is 3. The van der Waals surface area contributed by atoms with Crippen molar-refractivity contribution in [2.45, 2.75) is 20.3 Å². The van der Waals surface area contributed by atoms with Crippen LogP contribution in [0.5, 0.6) is 0 Å². The van der Waals surface area contributed by atoms with Crippen molar-refractivity contribution in [2.75, 3.05) is 0 Å². The molecule has 0 saturated heterocycles. The lowest BCUT2D eigenvalue weighted by atomic mass is 10.3. The third-order valence-electron chi connectivity index (χ3n) is 2.15. The molecule has 0 radical (unpaired) electrons. The van der Waals surface area contributed by atoms with Gasteiger partial charge >= 0.3 is 0 Å². The molecule has 0 saturated carbocycles. The molecule has 0 aromatic carbocycles. The molecule has 13 heavy (non-hydrogen) atoms. The Morgan fingerprint density at radius 3 is 3.08 bits per heavy atom. The number of hydrogen-bond donors (Lipinski definition) is 0. The van der Waals surface area contributed by atoms with Crippen molar-refractivity contribution in [1.29, 1.82) is 5.26 Å². The van der Waals surface area contributed by atoms with Crippen LogP contribution < -0.4 is 0 Å². The molecule has 0 atom stereocenters. The number of aryl methyl sites for hydroxylation is 2. The standard InChI is InChI=1S/C9H9N3S/c1-6-7(2)13-9-11-5-8(3-4-10)12(6)9/h5H,3H2,1-2H3. The molecule has 2 aromatic heterocycles. The number of aromatic nitrogens is 2. The van der Waals surface area contributed by atoms with Crippen LogP contribution in [-0.4, -0.2) is 9.38 Å². The minimum Gasteiger partial charge on any atom is -0.291 e.